The van der Waals surface area contributed by atoms with Crippen LogP contribution < -0.4 is 10.2 Å². The van der Waals surface area contributed by atoms with Gasteiger partial charge in [0.15, 0.2) is 0 Å². The lowest BCUT2D eigenvalue weighted by molar-refractivity contribution is 0.196. The van der Waals surface area contributed by atoms with Gasteiger partial charge in [-0.15, -0.1) is 0 Å². The van der Waals surface area contributed by atoms with E-state index in [1.54, 1.807) is 0 Å². The number of anilines is 1. The molecule has 0 unspecified atom stereocenters. The molecule has 1 aromatic carbocycles. The monoisotopic (exact) mass is 287 g/mol. The Bertz CT molecular complexity index is 458. The van der Waals surface area contributed by atoms with Crippen LogP contribution in [0.4, 0.5) is 5.69 Å². The van der Waals surface area contributed by atoms with Gasteiger partial charge in [0.1, 0.15) is 0 Å². The summed E-state index contributed by atoms with van der Waals surface area (Å²) in [6, 6.07) is 6.88. The molecule has 116 valence electrons. The minimum absolute atomic E-state index is 0.916. The molecule has 1 N–H and O–H groups in total. The molecule has 21 heavy (non-hydrogen) atoms. The number of rotatable bonds is 3. The molecule has 2 heterocycles. The van der Waals surface area contributed by atoms with E-state index in [1.165, 1.54) is 75.5 Å². The lowest BCUT2D eigenvalue weighted by atomic mass is 9.97. The van der Waals surface area contributed by atoms with Crippen molar-refractivity contribution in [2.75, 3.05) is 50.7 Å². The van der Waals surface area contributed by atoms with E-state index in [1.807, 2.05) is 0 Å². The fraction of sp³-hybridized carbons (Fsp3) is 0.667. The fourth-order valence-corrected chi connectivity index (χ4v) is 3.54. The van der Waals surface area contributed by atoms with Gasteiger partial charge in [-0.2, -0.15) is 0 Å². The van der Waals surface area contributed by atoms with Gasteiger partial charge < -0.3 is 10.2 Å². The maximum atomic E-state index is 3.46. The van der Waals surface area contributed by atoms with E-state index in [2.05, 4.69) is 47.2 Å². The van der Waals surface area contributed by atoms with Gasteiger partial charge in [0.05, 0.1) is 0 Å². The van der Waals surface area contributed by atoms with E-state index in [-0.39, 0.29) is 0 Å². The smallest absolute Gasteiger partial charge is 0.0369 e. The highest BCUT2D eigenvalue weighted by atomic mass is 15.3. The largest absolute Gasteiger partial charge is 0.369 e. The third-order valence-electron chi connectivity index (χ3n) is 5.20. The summed E-state index contributed by atoms with van der Waals surface area (Å²) >= 11 is 0. The molecule has 2 fully saturated rings. The molecule has 0 atom stereocenters. The van der Waals surface area contributed by atoms with Crippen molar-refractivity contribution in [2.24, 2.45) is 5.92 Å². The molecule has 0 aromatic heterocycles. The van der Waals surface area contributed by atoms with Gasteiger partial charge in [-0.1, -0.05) is 6.07 Å². The molecule has 0 spiro atoms. The molecule has 2 saturated heterocycles. The van der Waals surface area contributed by atoms with Gasteiger partial charge in [0.25, 0.3) is 0 Å². The zero-order valence-electron chi connectivity index (χ0n) is 13.6. The summed E-state index contributed by atoms with van der Waals surface area (Å²) in [5, 5.41) is 3.46. The molecule has 0 radical (unpaired) electrons. The predicted octanol–water partition coefficient (Wildman–Crippen LogP) is 2.43. The minimum Gasteiger partial charge on any atom is -0.369 e. The fourth-order valence-electron chi connectivity index (χ4n) is 3.54. The Morgan fingerprint density at radius 2 is 1.71 bits per heavy atom. The van der Waals surface area contributed by atoms with Crippen LogP contribution in [0.1, 0.15) is 24.0 Å². The second-order valence-corrected chi connectivity index (χ2v) is 6.75. The summed E-state index contributed by atoms with van der Waals surface area (Å²) in [6.45, 7) is 12.9. The summed E-state index contributed by atoms with van der Waals surface area (Å²) in [4.78, 5) is 5.22. The zero-order chi connectivity index (χ0) is 14.7. The number of nitrogens with one attached hydrogen (secondary N) is 1. The lowest BCUT2D eigenvalue weighted by Crippen LogP contribution is -2.48. The second-order valence-electron chi connectivity index (χ2n) is 6.75. The van der Waals surface area contributed by atoms with Crippen LogP contribution in [0.15, 0.2) is 18.2 Å². The summed E-state index contributed by atoms with van der Waals surface area (Å²) in [6.07, 6.45) is 2.72. The molecule has 3 nitrogen and oxygen atoms in total. The molecular weight excluding hydrogens is 258 g/mol. The number of nitrogens with zero attached hydrogens (tertiary/aromatic N) is 2. The van der Waals surface area contributed by atoms with Crippen LogP contribution in [-0.2, 0) is 0 Å². The van der Waals surface area contributed by atoms with Gasteiger partial charge in [-0.3, -0.25) is 4.90 Å². The summed E-state index contributed by atoms with van der Waals surface area (Å²) in [5.41, 5.74) is 4.20. The Morgan fingerprint density at radius 1 is 1.00 bits per heavy atom. The zero-order valence-corrected chi connectivity index (χ0v) is 13.6. The number of piperidine rings is 1. The van der Waals surface area contributed by atoms with Crippen LogP contribution in [-0.4, -0.2) is 50.7 Å². The highest BCUT2D eigenvalue weighted by molar-refractivity contribution is 5.51. The van der Waals surface area contributed by atoms with Crippen molar-refractivity contribution in [3.05, 3.63) is 29.3 Å². The normalized spacial score (nSPS) is 21.7. The first-order valence-electron chi connectivity index (χ1n) is 8.47. The van der Waals surface area contributed by atoms with Crippen LogP contribution in [0.5, 0.6) is 0 Å². The van der Waals surface area contributed by atoms with Crippen molar-refractivity contribution in [3.63, 3.8) is 0 Å². The van der Waals surface area contributed by atoms with Crippen molar-refractivity contribution in [3.8, 4) is 0 Å². The molecular formula is C18H29N3. The average molecular weight is 287 g/mol. The molecule has 0 amide bonds. The molecule has 2 aliphatic heterocycles. The van der Waals surface area contributed by atoms with Crippen molar-refractivity contribution in [1.29, 1.82) is 0 Å². The van der Waals surface area contributed by atoms with Gasteiger partial charge in [0, 0.05) is 38.4 Å². The van der Waals surface area contributed by atoms with Crippen LogP contribution in [0.25, 0.3) is 0 Å². The SMILES string of the molecule is Cc1ccc(N2CCN(CC3CCNCC3)CC2)cc1C. The molecule has 2 aliphatic rings. The Balaban J connectivity index is 1.51. The first kappa shape index (κ1) is 14.9. The van der Waals surface area contributed by atoms with E-state index in [0.29, 0.717) is 0 Å². The third-order valence-corrected chi connectivity index (χ3v) is 5.20. The maximum absolute atomic E-state index is 3.46. The first-order valence-corrected chi connectivity index (χ1v) is 8.47. The summed E-state index contributed by atoms with van der Waals surface area (Å²) < 4.78 is 0. The molecule has 1 aromatic rings. The average Bonchev–Trinajstić information content (AvgIpc) is 2.52. The minimum atomic E-state index is 0.916. The Morgan fingerprint density at radius 3 is 2.38 bits per heavy atom. The number of piperazine rings is 1. The van der Waals surface area contributed by atoms with E-state index >= 15 is 0 Å². The summed E-state index contributed by atoms with van der Waals surface area (Å²) in [7, 11) is 0. The second kappa shape index (κ2) is 6.80. The van der Waals surface area contributed by atoms with Crippen molar-refractivity contribution < 1.29 is 0 Å². The number of hydrogen-bond donors (Lipinski definition) is 1. The van der Waals surface area contributed by atoms with E-state index in [0.717, 1.165) is 5.92 Å². The summed E-state index contributed by atoms with van der Waals surface area (Å²) in [5.74, 6) is 0.916. The third kappa shape index (κ3) is 3.78. The predicted molar refractivity (Wildman–Crippen MR) is 90.2 cm³/mol. The van der Waals surface area contributed by atoms with Gasteiger partial charge in [0.2, 0.25) is 0 Å². The number of aryl methyl sites for hydroxylation is 2. The van der Waals surface area contributed by atoms with E-state index < -0.39 is 0 Å². The highest BCUT2D eigenvalue weighted by Gasteiger charge is 2.21. The van der Waals surface area contributed by atoms with Crippen LogP contribution in [0, 0.1) is 19.8 Å². The van der Waals surface area contributed by atoms with Crippen LogP contribution >= 0.6 is 0 Å². The molecule has 0 aliphatic carbocycles. The van der Waals surface area contributed by atoms with Gasteiger partial charge >= 0.3 is 0 Å². The molecule has 0 bridgehead atoms. The van der Waals surface area contributed by atoms with E-state index in [4.69, 9.17) is 0 Å². The maximum Gasteiger partial charge on any atom is 0.0369 e. The Kier molecular flexibility index (Phi) is 4.81. The standard InChI is InChI=1S/C18H29N3/c1-15-3-4-18(13-16(15)2)21-11-9-20(10-12-21)14-17-5-7-19-8-6-17/h3-4,13,17,19H,5-12,14H2,1-2H3. The Labute approximate surface area is 129 Å². The Hall–Kier alpha value is -1.06. The molecule has 3 heteroatoms. The molecule has 0 saturated carbocycles. The van der Waals surface area contributed by atoms with Crippen LogP contribution in [0.2, 0.25) is 0 Å². The van der Waals surface area contributed by atoms with Crippen molar-refractivity contribution >= 4 is 5.69 Å². The van der Waals surface area contributed by atoms with Crippen molar-refractivity contribution in [2.45, 2.75) is 26.7 Å². The van der Waals surface area contributed by atoms with Gasteiger partial charge in [-0.05, 0) is 69.0 Å². The van der Waals surface area contributed by atoms with Gasteiger partial charge in [-0.25, -0.2) is 0 Å². The van der Waals surface area contributed by atoms with Crippen LogP contribution in [0.3, 0.4) is 0 Å². The first-order chi connectivity index (χ1) is 10.2. The molecule has 3 rings (SSSR count). The topological polar surface area (TPSA) is 18.5 Å². The lowest BCUT2D eigenvalue weighted by Gasteiger charge is -2.38. The quantitative estimate of drug-likeness (QED) is 0.921. The highest BCUT2D eigenvalue weighted by Crippen LogP contribution is 2.21. The van der Waals surface area contributed by atoms with Crippen molar-refractivity contribution in [1.82, 2.24) is 10.2 Å². The number of hydrogen-bond acceptors (Lipinski definition) is 3. The van der Waals surface area contributed by atoms with E-state index in [9.17, 15) is 0 Å². The number of benzene rings is 1.